The van der Waals surface area contributed by atoms with Crippen LogP contribution < -0.4 is 0 Å². The molecule has 0 saturated carbocycles. The standard InChI is InChI=1S/C16H20BrNO4/c1-11(21-2)10-22-16(20)14-4-3-9-18(14)15(19)12-5-7-13(17)8-6-12/h5-8,11,14H,3-4,9-10H2,1-2H3. The van der Waals surface area contributed by atoms with E-state index in [2.05, 4.69) is 15.9 Å². The van der Waals surface area contributed by atoms with Crippen molar-refractivity contribution in [2.24, 2.45) is 0 Å². The number of halogens is 1. The first-order valence-corrected chi connectivity index (χ1v) is 8.08. The lowest BCUT2D eigenvalue weighted by Gasteiger charge is -2.24. The lowest BCUT2D eigenvalue weighted by molar-refractivity contribution is -0.151. The molecule has 1 amide bonds. The Labute approximate surface area is 138 Å². The number of esters is 1. The van der Waals surface area contributed by atoms with Gasteiger partial charge in [-0.2, -0.15) is 0 Å². The van der Waals surface area contributed by atoms with Gasteiger partial charge in [0.25, 0.3) is 5.91 Å². The summed E-state index contributed by atoms with van der Waals surface area (Å²) in [6.07, 6.45) is 1.30. The van der Waals surface area contributed by atoms with Crippen LogP contribution in [0.25, 0.3) is 0 Å². The molecule has 0 radical (unpaired) electrons. The molecule has 0 N–H and O–H groups in total. The summed E-state index contributed by atoms with van der Waals surface area (Å²) in [6.45, 7) is 2.60. The third-order valence-corrected chi connectivity index (χ3v) is 4.27. The van der Waals surface area contributed by atoms with E-state index in [-0.39, 0.29) is 24.6 Å². The zero-order valence-corrected chi connectivity index (χ0v) is 14.3. The van der Waals surface area contributed by atoms with Gasteiger partial charge in [0, 0.05) is 23.7 Å². The van der Waals surface area contributed by atoms with Crippen molar-refractivity contribution in [1.29, 1.82) is 0 Å². The van der Waals surface area contributed by atoms with Crippen molar-refractivity contribution in [1.82, 2.24) is 4.90 Å². The Morgan fingerprint density at radius 3 is 2.68 bits per heavy atom. The molecule has 1 aliphatic heterocycles. The number of methoxy groups -OCH3 is 1. The zero-order chi connectivity index (χ0) is 16.1. The third-order valence-electron chi connectivity index (χ3n) is 3.74. The molecular weight excluding hydrogens is 350 g/mol. The summed E-state index contributed by atoms with van der Waals surface area (Å²) in [6, 6.07) is 6.63. The molecule has 1 saturated heterocycles. The fraction of sp³-hybridized carbons (Fsp3) is 0.500. The number of carbonyl (C=O) groups excluding carboxylic acids is 2. The van der Waals surface area contributed by atoms with E-state index in [4.69, 9.17) is 9.47 Å². The van der Waals surface area contributed by atoms with E-state index in [1.165, 1.54) is 0 Å². The van der Waals surface area contributed by atoms with Gasteiger partial charge in [-0.3, -0.25) is 4.79 Å². The first-order chi connectivity index (χ1) is 10.5. The van der Waals surface area contributed by atoms with E-state index in [1.54, 1.807) is 24.1 Å². The maximum absolute atomic E-state index is 12.5. The molecule has 2 atom stereocenters. The highest BCUT2D eigenvalue weighted by molar-refractivity contribution is 9.10. The number of amides is 1. The van der Waals surface area contributed by atoms with Gasteiger partial charge in [-0.15, -0.1) is 0 Å². The number of likely N-dealkylation sites (tertiary alicyclic amines) is 1. The number of nitrogens with zero attached hydrogens (tertiary/aromatic N) is 1. The van der Waals surface area contributed by atoms with E-state index >= 15 is 0 Å². The number of ether oxygens (including phenoxy) is 2. The van der Waals surface area contributed by atoms with Gasteiger partial charge in [0.2, 0.25) is 0 Å². The summed E-state index contributed by atoms with van der Waals surface area (Å²) in [5.41, 5.74) is 0.577. The molecule has 5 nitrogen and oxygen atoms in total. The van der Waals surface area contributed by atoms with E-state index in [0.717, 1.165) is 10.9 Å². The molecule has 1 fully saturated rings. The zero-order valence-electron chi connectivity index (χ0n) is 12.8. The van der Waals surface area contributed by atoms with Gasteiger partial charge in [0.1, 0.15) is 12.6 Å². The van der Waals surface area contributed by atoms with Crippen molar-refractivity contribution in [2.75, 3.05) is 20.3 Å². The lowest BCUT2D eigenvalue weighted by atomic mass is 10.1. The highest BCUT2D eigenvalue weighted by Gasteiger charge is 2.35. The second-order valence-electron chi connectivity index (χ2n) is 5.34. The number of rotatable bonds is 5. The minimum Gasteiger partial charge on any atom is -0.461 e. The molecular formula is C16H20BrNO4. The fourth-order valence-electron chi connectivity index (χ4n) is 2.38. The van der Waals surface area contributed by atoms with Crippen LogP contribution in [0.3, 0.4) is 0 Å². The van der Waals surface area contributed by atoms with Gasteiger partial charge in [-0.25, -0.2) is 4.79 Å². The highest BCUT2D eigenvalue weighted by atomic mass is 79.9. The van der Waals surface area contributed by atoms with Crippen LogP contribution in [0.2, 0.25) is 0 Å². The van der Waals surface area contributed by atoms with Crippen LogP contribution in [0.1, 0.15) is 30.1 Å². The molecule has 1 aromatic carbocycles. The first-order valence-electron chi connectivity index (χ1n) is 7.29. The van der Waals surface area contributed by atoms with Crippen LogP contribution in [0, 0.1) is 0 Å². The Hall–Kier alpha value is -1.40. The van der Waals surface area contributed by atoms with Gasteiger partial charge in [-0.1, -0.05) is 15.9 Å². The van der Waals surface area contributed by atoms with Crippen molar-refractivity contribution in [3.8, 4) is 0 Å². The fourth-order valence-corrected chi connectivity index (χ4v) is 2.64. The summed E-state index contributed by atoms with van der Waals surface area (Å²) in [5, 5.41) is 0. The number of hydrogen-bond acceptors (Lipinski definition) is 4. The molecule has 0 bridgehead atoms. The molecule has 2 rings (SSSR count). The van der Waals surface area contributed by atoms with Crippen LogP contribution in [-0.4, -0.2) is 49.2 Å². The van der Waals surface area contributed by atoms with Crippen molar-refractivity contribution >= 4 is 27.8 Å². The number of hydrogen-bond donors (Lipinski definition) is 0. The maximum Gasteiger partial charge on any atom is 0.328 e. The van der Waals surface area contributed by atoms with Gasteiger partial charge in [0.05, 0.1) is 6.10 Å². The molecule has 120 valence electrons. The molecule has 2 unspecified atom stereocenters. The minimum absolute atomic E-state index is 0.133. The number of benzene rings is 1. The highest BCUT2D eigenvalue weighted by Crippen LogP contribution is 2.22. The smallest absolute Gasteiger partial charge is 0.328 e. The first kappa shape index (κ1) is 17.0. The van der Waals surface area contributed by atoms with Crippen LogP contribution in [0.5, 0.6) is 0 Å². The predicted molar refractivity (Wildman–Crippen MR) is 85.6 cm³/mol. The topological polar surface area (TPSA) is 55.8 Å². The summed E-state index contributed by atoms with van der Waals surface area (Å²) < 4.78 is 11.2. The molecule has 6 heteroatoms. The Kier molecular flexibility index (Phi) is 5.97. The summed E-state index contributed by atoms with van der Waals surface area (Å²) in [7, 11) is 1.57. The molecule has 1 heterocycles. The normalized spacial score (nSPS) is 19.0. The SMILES string of the molecule is COC(C)COC(=O)C1CCCN1C(=O)c1ccc(Br)cc1. The minimum atomic E-state index is -0.500. The van der Waals surface area contributed by atoms with E-state index < -0.39 is 6.04 Å². The molecule has 0 aromatic heterocycles. The Morgan fingerprint density at radius 2 is 2.05 bits per heavy atom. The van der Waals surface area contributed by atoms with E-state index in [0.29, 0.717) is 18.5 Å². The van der Waals surface area contributed by atoms with Crippen LogP contribution in [-0.2, 0) is 14.3 Å². The molecule has 0 spiro atoms. The third kappa shape index (κ3) is 4.08. The molecule has 0 aliphatic carbocycles. The average molecular weight is 370 g/mol. The summed E-state index contributed by atoms with van der Waals surface area (Å²) >= 11 is 3.34. The van der Waals surface area contributed by atoms with Crippen LogP contribution in [0.4, 0.5) is 0 Å². The van der Waals surface area contributed by atoms with Crippen molar-refractivity contribution < 1.29 is 19.1 Å². The lowest BCUT2D eigenvalue weighted by Crippen LogP contribution is -2.42. The van der Waals surface area contributed by atoms with Crippen LogP contribution in [0.15, 0.2) is 28.7 Å². The number of carbonyl (C=O) groups is 2. The van der Waals surface area contributed by atoms with Crippen molar-refractivity contribution in [3.05, 3.63) is 34.3 Å². The van der Waals surface area contributed by atoms with Gasteiger partial charge in [-0.05, 0) is 44.0 Å². The average Bonchev–Trinajstić information content (AvgIpc) is 3.01. The second-order valence-corrected chi connectivity index (χ2v) is 6.26. The molecule has 1 aromatic rings. The quantitative estimate of drug-likeness (QED) is 0.748. The summed E-state index contributed by atoms with van der Waals surface area (Å²) in [5.74, 6) is -0.487. The van der Waals surface area contributed by atoms with Crippen LogP contribution >= 0.6 is 15.9 Å². The predicted octanol–water partition coefficient (Wildman–Crippen LogP) is 2.63. The van der Waals surface area contributed by atoms with Gasteiger partial charge >= 0.3 is 5.97 Å². The van der Waals surface area contributed by atoms with Gasteiger partial charge in [0.15, 0.2) is 0 Å². The van der Waals surface area contributed by atoms with Gasteiger partial charge < -0.3 is 14.4 Å². The Morgan fingerprint density at radius 1 is 1.36 bits per heavy atom. The monoisotopic (exact) mass is 369 g/mol. The second kappa shape index (κ2) is 7.74. The summed E-state index contributed by atoms with van der Waals surface area (Å²) in [4.78, 5) is 26.3. The largest absolute Gasteiger partial charge is 0.461 e. The Bertz CT molecular complexity index is 531. The molecule has 22 heavy (non-hydrogen) atoms. The van der Waals surface area contributed by atoms with Crippen molar-refractivity contribution in [3.63, 3.8) is 0 Å². The van der Waals surface area contributed by atoms with E-state index in [9.17, 15) is 9.59 Å². The molecule has 1 aliphatic rings. The van der Waals surface area contributed by atoms with Crippen molar-refractivity contribution in [2.45, 2.75) is 31.9 Å². The Balaban J connectivity index is 2.02. The van der Waals surface area contributed by atoms with E-state index in [1.807, 2.05) is 19.1 Å². The maximum atomic E-state index is 12.5.